The molecule has 2 amide bonds. The lowest BCUT2D eigenvalue weighted by Crippen LogP contribution is -2.54. The maximum atomic E-state index is 14.0. The average molecular weight is 473 g/mol. The lowest BCUT2D eigenvalue weighted by atomic mass is 9.74. The lowest BCUT2D eigenvalue weighted by Gasteiger charge is -2.45. The summed E-state index contributed by atoms with van der Waals surface area (Å²) in [7, 11) is 0. The first-order valence-electron chi connectivity index (χ1n) is 11.5. The molecule has 2 fully saturated rings. The first kappa shape index (κ1) is 23.6. The fourth-order valence-corrected chi connectivity index (χ4v) is 5.65. The van der Waals surface area contributed by atoms with E-state index in [1.165, 1.54) is 12.1 Å². The average Bonchev–Trinajstić information content (AvgIpc) is 3.29. The van der Waals surface area contributed by atoms with E-state index in [1.54, 1.807) is 30.3 Å². The Balaban J connectivity index is 1.57. The molecule has 0 unspecified atom stereocenters. The minimum Gasteiger partial charge on any atom is -0.493 e. The topological polar surface area (TPSA) is 72.6 Å². The van der Waals surface area contributed by atoms with Gasteiger partial charge in [0.25, 0.3) is 0 Å². The van der Waals surface area contributed by atoms with Gasteiger partial charge in [0.2, 0.25) is 11.8 Å². The Hall–Kier alpha value is -2.60. The smallest absolute Gasteiger partial charge is 0.233 e. The third-order valence-corrected chi connectivity index (χ3v) is 7.35. The first-order chi connectivity index (χ1) is 15.8. The molecule has 2 N–H and O–H groups in total. The van der Waals surface area contributed by atoms with Crippen molar-refractivity contribution in [3.05, 3.63) is 64.9 Å². The molecule has 0 aromatic heterocycles. The number of likely N-dealkylation sites (tertiary alicyclic amines) is 1. The monoisotopic (exact) mass is 472 g/mol. The highest BCUT2D eigenvalue weighted by Crippen LogP contribution is 2.45. The van der Waals surface area contributed by atoms with Crippen LogP contribution in [-0.2, 0) is 15.0 Å². The summed E-state index contributed by atoms with van der Waals surface area (Å²) in [6.07, 6.45) is 4.90. The molecular weight excluding hydrogens is 443 g/mol. The van der Waals surface area contributed by atoms with E-state index in [0.717, 1.165) is 31.2 Å². The number of carbonyl (C=O) groups excluding carboxylic acids is 2. The lowest BCUT2D eigenvalue weighted by molar-refractivity contribution is -0.143. The van der Waals surface area contributed by atoms with Gasteiger partial charge in [0.15, 0.2) is 0 Å². The van der Waals surface area contributed by atoms with Crippen LogP contribution < -0.4 is 10.5 Å². The minimum absolute atomic E-state index is 0.0191. The second-order valence-electron chi connectivity index (χ2n) is 9.52. The largest absolute Gasteiger partial charge is 0.493 e. The number of rotatable bonds is 7. The van der Waals surface area contributed by atoms with Crippen LogP contribution in [0.4, 0.5) is 4.39 Å². The van der Waals surface area contributed by atoms with Crippen LogP contribution in [0.5, 0.6) is 5.75 Å². The number of nitrogens with two attached hydrogens (primary N) is 1. The number of halogens is 2. The van der Waals surface area contributed by atoms with Crippen LogP contribution in [0, 0.1) is 11.2 Å². The predicted octanol–water partition coefficient (Wildman–Crippen LogP) is 4.85. The fraction of sp³-hybridized carbons (Fsp3) is 0.462. The van der Waals surface area contributed by atoms with Crippen LogP contribution in [0.3, 0.4) is 0 Å². The highest BCUT2D eigenvalue weighted by atomic mass is 35.5. The SMILES string of the molecule is NC(=O)C[C@@]1(COc2ccc(Cl)cc2)CCCN(C(=O)C2(c3cccc(F)c3)CCCC2)C1. The molecule has 33 heavy (non-hydrogen) atoms. The Labute approximate surface area is 199 Å². The molecule has 7 heteroatoms. The molecule has 0 radical (unpaired) electrons. The van der Waals surface area contributed by atoms with Crippen LogP contribution >= 0.6 is 11.6 Å². The number of ether oxygens (including phenoxy) is 1. The maximum Gasteiger partial charge on any atom is 0.233 e. The summed E-state index contributed by atoms with van der Waals surface area (Å²) in [5, 5.41) is 0.614. The van der Waals surface area contributed by atoms with Crippen molar-refractivity contribution in [2.24, 2.45) is 11.1 Å². The zero-order chi connectivity index (χ0) is 23.5. The van der Waals surface area contributed by atoms with Crippen molar-refractivity contribution in [2.75, 3.05) is 19.7 Å². The van der Waals surface area contributed by atoms with E-state index in [2.05, 4.69) is 0 Å². The van der Waals surface area contributed by atoms with Gasteiger partial charge in [0.05, 0.1) is 12.0 Å². The molecule has 1 aliphatic carbocycles. The van der Waals surface area contributed by atoms with Gasteiger partial charge in [0.1, 0.15) is 11.6 Å². The van der Waals surface area contributed by atoms with Gasteiger partial charge in [-0.15, -0.1) is 0 Å². The highest BCUT2D eigenvalue weighted by molar-refractivity contribution is 6.30. The van der Waals surface area contributed by atoms with Crippen molar-refractivity contribution < 1.29 is 18.7 Å². The van der Waals surface area contributed by atoms with Crippen molar-refractivity contribution in [3.8, 4) is 5.75 Å². The summed E-state index contributed by atoms with van der Waals surface area (Å²) >= 11 is 5.96. The summed E-state index contributed by atoms with van der Waals surface area (Å²) in [4.78, 5) is 27.8. The van der Waals surface area contributed by atoms with E-state index in [1.807, 2.05) is 11.0 Å². The van der Waals surface area contributed by atoms with Crippen LogP contribution in [0.1, 0.15) is 50.5 Å². The predicted molar refractivity (Wildman–Crippen MR) is 126 cm³/mol. The summed E-state index contributed by atoms with van der Waals surface area (Å²) in [6, 6.07) is 13.5. The van der Waals surface area contributed by atoms with E-state index >= 15 is 0 Å². The molecule has 2 aromatic rings. The van der Waals surface area contributed by atoms with E-state index in [9.17, 15) is 14.0 Å². The molecule has 176 valence electrons. The minimum atomic E-state index is -0.713. The Morgan fingerprint density at radius 3 is 2.45 bits per heavy atom. The van der Waals surface area contributed by atoms with Crippen molar-refractivity contribution in [3.63, 3.8) is 0 Å². The molecule has 2 aliphatic rings. The van der Waals surface area contributed by atoms with Crippen LogP contribution in [0.2, 0.25) is 5.02 Å². The zero-order valence-corrected chi connectivity index (χ0v) is 19.5. The van der Waals surface area contributed by atoms with Crippen molar-refractivity contribution in [1.82, 2.24) is 4.90 Å². The van der Waals surface area contributed by atoms with E-state index in [4.69, 9.17) is 22.1 Å². The van der Waals surface area contributed by atoms with Gasteiger partial charge in [-0.1, -0.05) is 36.6 Å². The standard InChI is InChI=1S/C26H30ClFN2O3/c27-20-7-9-22(10-8-20)33-18-25(16-23(29)31)11-4-14-30(17-25)24(32)26(12-1-2-13-26)19-5-3-6-21(28)15-19/h3,5-10,15H,1-2,4,11-14,16-18H2,(H2,29,31)/t25-/m0/s1. The van der Waals surface area contributed by atoms with Gasteiger partial charge < -0.3 is 15.4 Å². The van der Waals surface area contributed by atoms with Crippen LogP contribution in [0.15, 0.2) is 48.5 Å². The van der Waals surface area contributed by atoms with Gasteiger partial charge in [0, 0.05) is 29.9 Å². The number of nitrogens with zero attached hydrogens (tertiary/aromatic N) is 1. The van der Waals surface area contributed by atoms with Gasteiger partial charge in [-0.3, -0.25) is 9.59 Å². The quantitative estimate of drug-likeness (QED) is 0.625. The Morgan fingerprint density at radius 1 is 1.06 bits per heavy atom. The molecule has 1 saturated heterocycles. The second-order valence-corrected chi connectivity index (χ2v) is 9.95. The molecule has 0 bridgehead atoms. The second kappa shape index (κ2) is 9.72. The van der Waals surface area contributed by atoms with Gasteiger partial charge in [-0.05, 0) is 67.6 Å². The maximum absolute atomic E-state index is 14.0. The van der Waals surface area contributed by atoms with Crippen molar-refractivity contribution >= 4 is 23.4 Å². The Morgan fingerprint density at radius 2 is 1.79 bits per heavy atom. The number of hydrogen-bond acceptors (Lipinski definition) is 3. The van der Waals surface area contributed by atoms with E-state index in [0.29, 0.717) is 36.7 Å². The third kappa shape index (κ3) is 5.16. The molecule has 4 rings (SSSR count). The van der Waals surface area contributed by atoms with Gasteiger partial charge >= 0.3 is 0 Å². The Bertz CT molecular complexity index is 1010. The number of primary amides is 1. The third-order valence-electron chi connectivity index (χ3n) is 7.10. The Kier molecular flexibility index (Phi) is 6.94. The molecule has 1 heterocycles. The highest BCUT2D eigenvalue weighted by Gasteiger charge is 2.48. The first-order valence-corrected chi connectivity index (χ1v) is 11.9. The number of hydrogen-bond donors (Lipinski definition) is 1. The molecule has 1 atom stereocenters. The summed E-state index contributed by atoms with van der Waals surface area (Å²) in [5.74, 6) is -0.0706. The molecule has 2 aromatic carbocycles. The van der Waals surface area contributed by atoms with Gasteiger partial charge in [-0.2, -0.15) is 0 Å². The summed E-state index contributed by atoms with van der Waals surface area (Å²) in [5.41, 5.74) is 5.08. The van der Waals surface area contributed by atoms with Crippen LogP contribution in [-0.4, -0.2) is 36.4 Å². The normalized spacial score (nSPS) is 22.2. The van der Waals surface area contributed by atoms with Gasteiger partial charge in [-0.25, -0.2) is 4.39 Å². The zero-order valence-electron chi connectivity index (χ0n) is 18.7. The summed E-state index contributed by atoms with van der Waals surface area (Å²) in [6.45, 7) is 1.27. The van der Waals surface area contributed by atoms with Crippen LogP contribution in [0.25, 0.3) is 0 Å². The molecule has 1 saturated carbocycles. The van der Waals surface area contributed by atoms with Crippen molar-refractivity contribution in [2.45, 2.75) is 50.4 Å². The number of carbonyl (C=O) groups is 2. The number of amides is 2. The molecule has 0 spiro atoms. The van der Waals surface area contributed by atoms with E-state index < -0.39 is 16.7 Å². The molecule has 5 nitrogen and oxygen atoms in total. The number of benzene rings is 2. The molecule has 1 aliphatic heterocycles. The molecular formula is C26H30ClFN2O3. The van der Waals surface area contributed by atoms with E-state index in [-0.39, 0.29) is 24.8 Å². The number of piperidine rings is 1. The summed E-state index contributed by atoms with van der Waals surface area (Å²) < 4.78 is 20.1. The van der Waals surface area contributed by atoms with Crippen molar-refractivity contribution in [1.29, 1.82) is 0 Å². The fourth-order valence-electron chi connectivity index (χ4n) is 5.52.